The minimum Gasteiger partial charge on any atom is -0.477 e. The van der Waals surface area contributed by atoms with E-state index in [9.17, 15) is 9.59 Å². The first-order chi connectivity index (χ1) is 8.01. The van der Waals surface area contributed by atoms with Crippen molar-refractivity contribution >= 4 is 11.9 Å². The van der Waals surface area contributed by atoms with E-state index < -0.39 is 22.9 Å². The highest BCUT2D eigenvalue weighted by molar-refractivity contribution is 6.13. The fraction of sp³-hybridized carbons (Fsp3) is 0.714. The Bertz CT molecular complexity index is 346. The van der Waals surface area contributed by atoms with Crippen LogP contribution in [0.1, 0.15) is 48.0 Å². The molecule has 0 fully saturated rings. The topological polar surface area (TPSA) is 74.6 Å². The zero-order valence-corrected chi connectivity index (χ0v) is 12.1. The summed E-state index contributed by atoms with van der Waals surface area (Å²) in [5.41, 5.74) is -0.397. The summed E-state index contributed by atoms with van der Waals surface area (Å²) in [5.74, 6) is -2.33. The van der Waals surface area contributed by atoms with E-state index in [1.165, 1.54) is 0 Å². The SMILES string of the molecule is CC(C)CC(=C(C(=O)O)C(=O)O)C(C)(C)C(C)C. The Labute approximate surface area is 109 Å². The highest BCUT2D eigenvalue weighted by atomic mass is 16.4. The molecule has 0 rings (SSSR count). The molecule has 0 unspecified atom stereocenters. The average Bonchev–Trinajstić information content (AvgIpc) is 2.14. The van der Waals surface area contributed by atoms with Crippen molar-refractivity contribution in [2.24, 2.45) is 17.3 Å². The molecule has 0 radical (unpaired) electrons. The molecule has 0 saturated heterocycles. The van der Waals surface area contributed by atoms with Crippen molar-refractivity contribution in [3.8, 4) is 0 Å². The van der Waals surface area contributed by atoms with Gasteiger partial charge in [-0.2, -0.15) is 0 Å². The summed E-state index contributed by atoms with van der Waals surface area (Å²) in [5, 5.41) is 18.3. The van der Waals surface area contributed by atoms with E-state index in [1.54, 1.807) is 0 Å². The van der Waals surface area contributed by atoms with Crippen LogP contribution < -0.4 is 0 Å². The fourth-order valence-electron chi connectivity index (χ4n) is 1.79. The van der Waals surface area contributed by atoms with Crippen molar-refractivity contribution in [3.05, 3.63) is 11.1 Å². The normalized spacial score (nSPS) is 11.8. The number of hydrogen-bond donors (Lipinski definition) is 2. The van der Waals surface area contributed by atoms with Gasteiger partial charge in [0.25, 0.3) is 0 Å². The summed E-state index contributed by atoms with van der Waals surface area (Å²) in [7, 11) is 0. The Morgan fingerprint density at radius 3 is 1.61 bits per heavy atom. The first kappa shape index (κ1) is 16.7. The Kier molecular flexibility index (Phi) is 5.58. The number of aliphatic carboxylic acids is 2. The van der Waals surface area contributed by atoms with Gasteiger partial charge in [-0.15, -0.1) is 0 Å². The smallest absolute Gasteiger partial charge is 0.343 e. The van der Waals surface area contributed by atoms with Gasteiger partial charge in [0.2, 0.25) is 0 Å². The lowest BCUT2D eigenvalue weighted by molar-refractivity contribution is -0.140. The van der Waals surface area contributed by atoms with Gasteiger partial charge in [0, 0.05) is 0 Å². The monoisotopic (exact) mass is 256 g/mol. The summed E-state index contributed by atoms with van der Waals surface area (Å²) >= 11 is 0. The van der Waals surface area contributed by atoms with Crippen LogP contribution in [0.4, 0.5) is 0 Å². The van der Waals surface area contributed by atoms with E-state index in [0.29, 0.717) is 12.0 Å². The quantitative estimate of drug-likeness (QED) is 0.435. The van der Waals surface area contributed by atoms with Gasteiger partial charge in [-0.05, 0) is 29.2 Å². The molecule has 4 heteroatoms. The average molecular weight is 256 g/mol. The van der Waals surface area contributed by atoms with E-state index in [1.807, 2.05) is 41.5 Å². The van der Waals surface area contributed by atoms with Crippen LogP contribution in [0.25, 0.3) is 0 Å². The molecule has 0 heterocycles. The maximum absolute atomic E-state index is 11.2. The van der Waals surface area contributed by atoms with E-state index in [2.05, 4.69) is 0 Å². The van der Waals surface area contributed by atoms with Crippen LogP contribution in [0.3, 0.4) is 0 Å². The molecule has 0 spiro atoms. The molecule has 4 nitrogen and oxygen atoms in total. The second-order valence-corrected chi connectivity index (χ2v) is 5.94. The van der Waals surface area contributed by atoms with Crippen molar-refractivity contribution < 1.29 is 19.8 Å². The van der Waals surface area contributed by atoms with Gasteiger partial charge in [0.1, 0.15) is 5.57 Å². The van der Waals surface area contributed by atoms with Crippen LogP contribution in [-0.4, -0.2) is 22.2 Å². The van der Waals surface area contributed by atoms with Crippen molar-refractivity contribution in [2.45, 2.75) is 48.0 Å². The van der Waals surface area contributed by atoms with Gasteiger partial charge in [-0.3, -0.25) is 0 Å². The van der Waals surface area contributed by atoms with E-state index >= 15 is 0 Å². The molecular formula is C14H24O4. The second kappa shape index (κ2) is 6.03. The lowest BCUT2D eigenvalue weighted by atomic mass is 9.70. The predicted octanol–water partition coefficient (Wildman–Crippen LogP) is 3.18. The molecule has 0 aliphatic rings. The van der Waals surface area contributed by atoms with Crippen molar-refractivity contribution in [3.63, 3.8) is 0 Å². The van der Waals surface area contributed by atoms with Gasteiger partial charge in [0.05, 0.1) is 0 Å². The summed E-state index contributed by atoms with van der Waals surface area (Å²) in [6.07, 6.45) is 0.485. The molecule has 0 saturated carbocycles. The second-order valence-electron chi connectivity index (χ2n) is 5.94. The van der Waals surface area contributed by atoms with Crippen molar-refractivity contribution in [2.75, 3.05) is 0 Å². The maximum atomic E-state index is 11.2. The molecule has 0 aromatic heterocycles. The van der Waals surface area contributed by atoms with E-state index in [-0.39, 0.29) is 11.8 Å². The number of rotatable bonds is 6. The largest absolute Gasteiger partial charge is 0.477 e. The number of carboxylic acids is 2. The molecular weight excluding hydrogens is 232 g/mol. The van der Waals surface area contributed by atoms with Crippen LogP contribution in [-0.2, 0) is 9.59 Å². The van der Waals surface area contributed by atoms with Crippen molar-refractivity contribution in [1.29, 1.82) is 0 Å². The summed E-state index contributed by atoms with van der Waals surface area (Å²) in [6.45, 7) is 11.7. The molecule has 0 aromatic rings. The minimum atomic E-state index is -1.35. The standard InChI is InChI=1S/C14H24O4/c1-8(2)7-10(14(5,6)9(3)4)11(12(15)16)13(17)18/h8-9H,7H2,1-6H3,(H,15,16)(H,17,18). The molecule has 0 bridgehead atoms. The van der Waals surface area contributed by atoms with Crippen LogP contribution >= 0.6 is 0 Å². The Hall–Kier alpha value is -1.32. The first-order valence-corrected chi connectivity index (χ1v) is 6.22. The summed E-state index contributed by atoms with van der Waals surface area (Å²) in [4.78, 5) is 22.4. The first-order valence-electron chi connectivity index (χ1n) is 6.22. The zero-order valence-electron chi connectivity index (χ0n) is 12.1. The summed E-state index contributed by atoms with van der Waals surface area (Å²) < 4.78 is 0. The molecule has 104 valence electrons. The molecule has 0 aliphatic heterocycles. The molecule has 0 aromatic carbocycles. The number of carboxylic acid groups (broad SMARTS) is 2. The molecule has 2 N–H and O–H groups in total. The Morgan fingerprint density at radius 1 is 1.00 bits per heavy atom. The highest BCUT2D eigenvalue weighted by Gasteiger charge is 2.34. The maximum Gasteiger partial charge on any atom is 0.343 e. The molecule has 0 aliphatic carbocycles. The predicted molar refractivity (Wildman–Crippen MR) is 70.4 cm³/mol. The molecule has 0 atom stereocenters. The van der Waals surface area contributed by atoms with Crippen molar-refractivity contribution in [1.82, 2.24) is 0 Å². The third kappa shape index (κ3) is 3.86. The number of allylic oxidation sites excluding steroid dienone is 1. The molecule has 0 amide bonds. The number of hydrogen-bond acceptors (Lipinski definition) is 2. The van der Waals surface area contributed by atoms with Crippen LogP contribution in [0.5, 0.6) is 0 Å². The minimum absolute atomic E-state index is 0.167. The van der Waals surface area contributed by atoms with E-state index in [0.717, 1.165) is 0 Å². The van der Waals surface area contributed by atoms with Gasteiger partial charge in [-0.1, -0.05) is 41.5 Å². The van der Waals surface area contributed by atoms with Gasteiger partial charge >= 0.3 is 11.9 Å². The van der Waals surface area contributed by atoms with Gasteiger partial charge < -0.3 is 10.2 Å². The van der Waals surface area contributed by atoms with Crippen LogP contribution in [0.2, 0.25) is 0 Å². The third-order valence-electron chi connectivity index (χ3n) is 3.56. The summed E-state index contributed by atoms with van der Waals surface area (Å²) in [6, 6.07) is 0. The Morgan fingerprint density at radius 2 is 1.39 bits per heavy atom. The van der Waals surface area contributed by atoms with Crippen LogP contribution in [0, 0.1) is 17.3 Å². The van der Waals surface area contributed by atoms with Gasteiger partial charge in [0.15, 0.2) is 0 Å². The van der Waals surface area contributed by atoms with Crippen LogP contribution in [0.15, 0.2) is 11.1 Å². The Balaban J connectivity index is 5.95. The zero-order chi connectivity index (χ0) is 14.7. The fourth-order valence-corrected chi connectivity index (χ4v) is 1.79. The lowest BCUT2D eigenvalue weighted by Crippen LogP contribution is -2.28. The number of carbonyl (C=O) groups is 2. The highest BCUT2D eigenvalue weighted by Crippen LogP contribution is 2.40. The lowest BCUT2D eigenvalue weighted by Gasteiger charge is -2.34. The molecule has 18 heavy (non-hydrogen) atoms. The van der Waals surface area contributed by atoms with E-state index in [4.69, 9.17) is 10.2 Å². The van der Waals surface area contributed by atoms with Gasteiger partial charge in [-0.25, -0.2) is 9.59 Å². The third-order valence-corrected chi connectivity index (χ3v) is 3.56.